The summed E-state index contributed by atoms with van der Waals surface area (Å²) in [6.07, 6.45) is 0.363. The van der Waals surface area contributed by atoms with Crippen LogP contribution in [0.1, 0.15) is 67.2 Å². The minimum Gasteiger partial charge on any atom is -0.481 e. The van der Waals surface area contributed by atoms with E-state index < -0.39 is 66.2 Å². The van der Waals surface area contributed by atoms with E-state index in [-0.39, 0.29) is 18.3 Å². The van der Waals surface area contributed by atoms with Gasteiger partial charge in [0.05, 0.1) is 12.5 Å². The topological polar surface area (TPSA) is 188 Å². The largest absolute Gasteiger partial charge is 0.481 e. The Morgan fingerprint density at radius 2 is 1.24 bits per heavy atom. The predicted octanol–water partition coefficient (Wildman–Crippen LogP) is 0.466. The molecule has 0 aliphatic rings. The zero-order valence-corrected chi connectivity index (χ0v) is 20.4. The molecule has 0 fully saturated rings. The molecule has 0 aromatic carbocycles. The first-order chi connectivity index (χ1) is 15.2. The van der Waals surface area contributed by atoms with Crippen molar-refractivity contribution in [1.29, 1.82) is 0 Å². The van der Waals surface area contributed by atoms with E-state index >= 15 is 0 Å². The number of carbonyl (C=O) groups excluding carboxylic acids is 3. The number of nitrogens with one attached hydrogen (secondary N) is 3. The first-order valence-corrected chi connectivity index (χ1v) is 11.3. The molecule has 3 amide bonds. The van der Waals surface area contributed by atoms with Gasteiger partial charge in [-0.05, 0) is 30.6 Å². The Bertz CT molecular complexity index is 696. The third kappa shape index (κ3) is 11.7. The summed E-state index contributed by atoms with van der Waals surface area (Å²) in [6.45, 7) is 10.9. The quantitative estimate of drug-likeness (QED) is 0.198. The van der Waals surface area contributed by atoms with Gasteiger partial charge in [0.15, 0.2) is 0 Å². The minimum absolute atomic E-state index is 0.00378. The van der Waals surface area contributed by atoms with E-state index in [4.69, 9.17) is 5.73 Å². The Kier molecular flexibility index (Phi) is 13.3. The standard InChI is InChI=1S/C22H40N4O7/c1-7-13(6)18(22(32)33)26-21(31)16(10-17(27)28)25-20(30)15(9-12(4)5)24-19(29)14(23)8-11(2)3/h11-16,18H,7-10,23H2,1-6H3,(H,24,29)(H,25,30)(H,26,31)(H,27,28)(H,32,33). The number of carboxylic acids is 2. The van der Waals surface area contributed by atoms with E-state index in [9.17, 15) is 34.2 Å². The highest BCUT2D eigenvalue weighted by Gasteiger charge is 2.33. The van der Waals surface area contributed by atoms with Gasteiger partial charge in [-0.2, -0.15) is 0 Å². The van der Waals surface area contributed by atoms with E-state index in [0.29, 0.717) is 12.8 Å². The van der Waals surface area contributed by atoms with Gasteiger partial charge in [-0.15, -0.1) is 0 Å². The average molecular weight is 473 g/mol. The molecule has 11 nitrogen and oxygen atoms in total. The summed E-state index contributed by atoms with van der Waals surface area (Å²) in [7, 11) is 0. The van der Waals surface area contributed by atoms with Gasteiger partial charge < -0.3 is 31.9 Å². The summed E-state index contributed by atoms with van der Waals surface area (Å²) >= 11 is 0. The van der Waals surface area contributed by atoms with Gasteiger partial charge in [0.2, 0.25) is 17.7 Å². The van der Waals surface area contributed by atoms with Crippen molar-refractivity contribution in [2.24, 2.45) is 23.5 Å². The second-order valence-corrected chi connectivity index (χ2v) is 9.30. The normalized spacial score (nSPS) is 15.8. The average Bonchev–Trinajstić information content (AvgIpc) is 2.68. The maximum atomic E-state index is 12.9. The minimum atomic E-state index is -1.52. The number of hydrogen-bond donors (Lipinski definition) is 6. The van der Waals surface area contributed by atoms with E-state index in [2.05, 4.69) is 16.0 Å². The predicted molar refractivity (Wildman–Crippen MR) is 122 cm³/mol. The van der Waals surface area contributed by atoms with Crippen LogP contribution in [0.15, 0.2) is 0 Å². The Balaban J connectivity index is 5.56. The Hall–Kier alpha value is -2.69. The fourth-order valence-electron chi connectivity index (χ4n) is 3.19. The summed E-state index contributed by atoms with van der Waals surface area (Å²) in [5.41, 5.74) is 5.90. The number of carbonyl (C=O) groups is 5. The maximum Gasteiger partial charge on any atom is 0.326 e. The van der Waals surface area contributed by atoms with Gasteiger partial charge in [0, 0.05) is 0 Å². The molecule has 5 atom stereocenters. The molecule has 190 valence electrons. The fourth-order valence-corrected chi connectivity index (χ4v) is 3.19. The first-order valence-electron chi connectivity index (χ1n) is 11.3. The maximum absolute atomic E-state index is 12.9. The van der Waals surface area contributed by atoms with E-state index in [1.54, 1.807) is 13.8 Å². The zero-order chi connectivity index (χ0) is 25.9. The van der Waals surface area contributed by atoms with E-state index in [0.717, 1.165) is 0 Å². The summed E-state index contributed by atoms with van der Waals surface area (Å²) in [5.74, 6) is -5.06. The summed E-state index contributed by atoms with van der Waals surface area (Å²) in [6, 6.07) is -4.62. The summed E-state index contributed by atoms with van der Waals surface area (Å²) < 4.78 is 0. The number of aliphatic carboxylic acids is 2. The van der Waals surface area contributed by atoms with Crippen LogP contribution in [-0.2, 0) is 24.0 Å². The van der Waals surface area contributed by atoms with Crippen LogP contribution in [0.25, 0.3) is 0 Å². The van der Waals surface area contributed by atoms with Crippen LogP contribution in [0.5, 0.6) is 0 Å². The lowest BCUT2D eigenvalue weighted by molar-refractivity contribution is -0.144. The molecule has 0 spiro atoms. The lowest BCUT2D eigenvalue weighted by atomic mass is 9.98. The van der Waals surface area contributed by atoms with Gasteiger partial charge in [0.1, 0.15) is 18.1 Å². The van der Waals surface area contributed by atoms with Crippen LogP contribution >= 0.6 is 0 Å². The van der Waals surface area contributed by atoms with Crippen LogP contribution in [0, 0.1) is 17.8 Å². The Morgan fingerprint density at radius 3 is 1.67 bits per heavy atom. The molecule has 0 saturated heterocycles. The number of rotatable bonds is 15. The van der Waals surface area contributed by atoms with Gasteiger partial charge in [-0.3, -0.25) is 19.2 Å². The summed E-state index contributed by atoms with van der Waals surface area (Å²) in [4.78, 5) is 60.8. The molecule has 0 saturated carbocycles. The molecular weight excluding hydrogens is 432 g/mol. The molecule has 0 radical (unpaired) electrons. The van der Waals surface area contributed by atoms with Gasteiger partial charge in [0.25, 0.3) is 0 Å². The van der Waals surface area contributed by atoms with Crippen molar-refractivity contribution >= 4 is 29.7 Å². The van der Waals surface area contributed by atoms with Crippen LogP contribution < -0.4 is 21.7 Å². The first kappa shape index (κ1) is 30.3. The fraction of sp³-hybridized carbons (Fsp3) is 0.773. The lowest BCUT2D eigenvalue weighted by Gasteiger charge is -2.26. The molecular formula is C22H40N4O7. The molecule has 0 rings (SSSR count). The second kappa shape index (κ2) is 14.5. The molecule has 0 aliphatic carbocycles. The Labute approximate surface area is 195 Å². The molecule has 7 N–H and O–H groups in total. The number of nitrogens with two attached hydrogens (primary N) is 1. The van der Waals surface area contributed by atoms with E-state index in [1.165, 1.54) is 0 Å². The van der Waals surface area contributed by atoms with Crippen LogP contribution in [0.3, 0.4) is 0 Å². The van der Waals surface area contributed by atoms with Crippen molar-refractivity contribution in [3.63, 3.8) is 0 Å². The van der Waals surface area contributed by atoms with Crippen LogP contribution in [-0.4, -0.2) is 64.0 Å². The van der Waals surface area contributed by atoms with Crippen molar-refractivity contribution in [2.45, 2.75) is 91.4 Å². The highest BCUT2D eigenvalue weighted by Crippen LogP contribution is 2.11. The third-order valence-corrected chi connectivity index (χ3v) is 5.19. The van der Waals surface area contributed by atoms with E-state index in [1.807, 2.05) is 27.7 Å². The number of carboxylic acid groups (broad SMARTS) is 2. The van der Waals surface area contributed by atoms with Crippen molar-refractivity contribution in [3.05, 3.63) is 0 Å². The number of amides is 3. The summed E-state index contributed by atoms with van der Waals surface area (Å²) in [5, 5.41) is 25.9. The monoisotopic (exact) mass is 472 g/mol. The second-order valence-electron chi connectivity index (χ2n) is 9.30. The van der Waals surface area contributed by atoms with Gasteiger partial charge in [-0.1, -0.05) is 48.0 Å². The van der Waals surface area contributed by atoms with Gasteiger partial charge in [-0.25, -0.2) is 4.79 Å². The smallest absolute Gasteiger partial charge is 0.326 e. The molecule has 0 bridgehead atoms. The number of hydrogen-bond acceptors (Lipinski definition) is 6. The highest BCUT2D eigenvalue weighted by molar-refractivity contribution is 5.95. The molecule has 0 heterocycles. The highest BCUT2D eigenvalue weighted by atomic mass is 16.4. The zero-order valence-electron chi connectivity index (χ0n) is 20.4. The van der Waals surface area contributed by atoms with Crippen molar-refractivity contribution < 1.29 is 34.2 Å². The van der Waals surface area contributed by atoms with Crippen molar-refractivity contribution in [1.82, 2.24) is 16.0 Å². The third-order valence-electron chi connectivity index (χ3n) is 5.19. The molecule has 0 aromatic heterocycles. The molecule has 0 aliphatic heterocycles. The molecule has 5 unspecified atom stereocenters. The van der Waals surface area contributed by atoms with Crippen LogP contribution in [0.2, 0.25) is 0 Å². The molecule has 0 aromatic rings. The van der Waals surface area contributed by atoms with Crippen LogP contribution in [0.4, 0.5) is 0 Å². The lowest BCUT2D eigenvalue weighted by Crippen LogP contribution is -2.58. The SMILES string of the molecule is CCC(C)C(NC(=O)C(CC(=O)O)NC(=O)C(CC(C)C)NC(=O)C(N)CC(C)C)C(=O)O. The Morgan fingerprint density at radius 1 is 0.758 bits per heavy atom. The molecule has 11 heteroatoms. The van der Waals surface area contributed by atoms with Crippen molar-refractivity contribution in [3.8, 4) is 0 Å². The molecule has 33 heavy (non-hydrogen) atoms. The van der Waals surface area contributed by atoms with Crippen molar-refractivity contribution in [2.75, 3.05) is 0 Å². The van der Waals surface area contributed by atoms with Gasteiger partial charge >= 0.3 is 11.9 Å².